The van der Waals surface area contributed by atoms with Crippen molar-refractivity contribution < 1.29 is 24.2 Å². The second-order valence-electron chi connectivity index (χ2n) is 4.40. The lowest BCUT2D eigenvalue weighted by molar-refractivity contribution is -0.148. The molecule has 1 fully saturated rings. The van der Waals surface area contributed by atoms with E-state index < -0.39 is 17.3 Å². The van der Waals surface area contributed by atoms with Crippen LogP contribution >= 0.6 is 11.8 Å². The number of carbonyl (C=O) groups is 3. The summed E-state index contributed by atoms with van der Waals surface area (Å²) in [5.41, 5.74) is 0. The second-order valence-corrected chi connectivity index (χ2v) is 5.77. The molecule has 0 aromatic carbocycles. The van der Waals surface area contributed by atoms with Crippen molar-refractivity contribution in [1.29, 1.82) is 0 Å². The number of rotatable bonds is 5. The third-order valence-electron chi connectivity index (χ3n) is 2.88. The van der Waals surface area contributed by atoms with Gasteiger partial charge in [-0.3, -0.25) is 4.79 Å². The molecule has 6 nitrogen and oxygen atoms in total. The number of carboxylic acids is 1. The molecule has 1 unspecified atom stereocenters. The highest BCUT2D eigenvalue weighted by molar-refractivity contribution is 8.13. The lowest BCUT2D eigenvalue weighted by Gasteiger charge is -2.22. The molecule has 1 amide bonds. The lowest BCUT2D eigenvalue weighted by atomic mass is 10.2. The predicted octanol–water partition coefficient (Wildman–Crippen LogP) is 1.73. The van der Waals surface area contributed by atoms with E-state index in [2.05, 4.69) is 0 Å². The molecule has 0 bridgehead atoms. The van der Waals surface area contributed by atoms with Crippen molar-refractivity contribution in [3.05, 3.63) is 0 Å². The van der Waals surface area contributed by atoms with Crippen LogP contribution in [0.25, 0.3) is 0 Å². The Bertz CT molecular complexity index is 360. The first kappa shape index (κ1) is 15.8. The molecule has 1 aliphatic heterocycles. The van der Waals surface area contributed by atoms with E-state index in [0.717, 1.165) is 11.8 Å². The first-order valence-electron chi connectivity index (χ1n) is 6.31. The maximum Gasteiger partial charge on any atom is 0.367 e. The SMILES string of the molecule is CCOC(=O)SC(C)CC(=O)N1CCC[C@H]1C(=O)O. The average Bonchev–Trinajstić information content (AvgIpc) is 2.77. The van der Waals surface area contributed by atoms with E-state index in [1.165, 1.54) is 4.90 Å². The molecule has 1 heterocycles. The quantitative estimate of drug-likeness (QED) is 0.776. The summed E-state index contributed by atoms with van der Waals surface area (Å²) in [6, 6.07) is -0.715. The van der Waals surface area contributed by atoms with E-state index in [9.17, 15) is 14.4 Å². The van der Waals surface area contributed by atoms with E-state index >= 15 is 0 Å². The molecule has 0 aromatic heterocycles. The van der Waals surface area contributed by atoms with Gasteiger partial charge in [0.2, 0.25) is 5.91 Å². The molecule has 0 aromatic rings. The fourth-order valence-corrected chi connectivity index (χ4v) is 2.78. The van der Waals surface area contributed by atoms with Crippen molar-refractivity contribution in [2.75, 3.05) is 13.2 Å². The molecule has 1 rings (SSSR count). The normalized spacial score (nSPS) is 20.1. The standard InChI is InChI=1S/C12H19NO5S/c1-3-18-12(17)19-8(2)7-10(14)13-6-4-5-9(13)11(15)16/h8-9H,3-7H2,1-2H3,(H,15,16)/t8?,9-/m0/s1. The van der Waals surface area contributed by atoms with Crippen LogP contribution < -0.4 is 0 Å². The van der Waals surface area contributed by atoms with E-state index in [4.69, 9.17) is 9.84 Å². The van der Waals surface area contributed by atoms with Crippen LogP contribution in [-0.4, -0.2) is 51.6 Å². The number of nitrogens with zero attached hydrogens (tertiary/aromatic N) is 1. The number of likely N-dealkylation sites (tertiary alicyclic amines) is 1. The average molecular weight is 289 g/mol. The molecule has 0 saturated carbocycles. The molecule has 2 atom stereocenters. The molecular weight excluding hydrogens is 270 g/mol. The van der Waals surface area contributed by atoms with Gasteiger partial charge in [-0.2, -0.15) is 0 Å². The summed E-state index contributed by atoms with van der Waals surface area (Å²) in [5, 5.41) is 8.38. The lowest BCUT2D eigenvalue weighted by Crippen LogP contribution is -2.41. The highest BCUT2D eigenvalue weighted by Gasteiger charge is 2.34. The fraction of sp³-hybridized carbons (Fsp3) is 0.750. The minimum absolute atomic E-state index is 0.146. The van der Waals surface area contributed by atoms with E-state index in [-0.39, 0.29) is 17.6 Å². The predicted molar refractivity (Wildman–Crippen MR) is 71.1 cm³/mol. The summed E-state index contributed by atoms with van der Waals surface area (Å²) in [6.45, 7) is 4.26. The van der Waals surface area contributed by atoms with Crippen molar-refractivity contribution in [2.24, 2.45) is 0 Å². The third-order valence-corrected chi connectivity index (χ3v) is 3.76. The Hall–Kier alpha value is -1.24. The van der Waals surface area contributed by atoms with Gasteiger partial charge in [-0.05, 0) is 31.5 Å². The number of ether oxygens (including phenoxy) is 1. The molecule has 0 aliphatic carbocycles. The first-order chi connectivity index (χ1) is 8.95. The maximum atomic E-state index is 12.0. The van der Waals surface area contributed by atoms with Crippen LogP contribution in [-0.2, 0) is 14.3 Å². The monoisotopic (exact) mass is 289 g/mol. The van der Waals surface area contributed by atoms with E-state index in [1.54, 1.807) is 13.8 Å². The number of hydrogen-bond donors (Lipinski definition) is 1. The number of thioether (sulfide) groups is 1. The van der Waals surface area contributed by atoms with Crippen molar-refractivity contribution in [2.45, 2.75) is 44.4 Å². The van der Waals surface area contributed by atoms with Gasteiger partial charge >= 0.3 is 11.3 Å². The van der Waals surface area contributed by atoms with Crippen molar-refractivity contribution in [3.8, 4) is 0 Å². The molecule has 1 aliphatic rings. The van der Waals surface area contributed by atoms with Crippen LogP contribution in [0.4, 0.5) is 4.79 Å². The fourth-order valence-electron chi connectivity index (χ4n) is 2.04. The Labute approximate surface area is 116 Å². The topological polar surface area (TPSA) is 83.9 Å². The summed E-state index contributed by atoms with van der Waals surface area (Å²) in [5.74, 6) is -1.18. The second kappa shape index (κ2) is 7.37. The smallest absolute Gasteiger partial charge is 0.367 e. The number of carboxylic acid groups (broad SMARTS) is 1. The zero-order valence-electron chi connectivity index (χ0n) is 11.1. The van der Waals surface area contributed by atoms with Gasteiger partial charge in [-0.1, -0.05) is 6.92 Å². The van der Waals surface area contributed by atoms with Gasteiger partial charge in [0.1, 0.15) is 6.04 Å². The van der Waals surface area contributed by atoms with Crippen molar-refractivity contribution in [3.63, 3.8) is 0 Å². The largest absolute Gasteiger partial charge is 0.480 e. The minimum Gasteiger partial charge on any atom is -0.480 e. The summed E-state index contributed by atoms with van der Waals surface area (Å²) in [7, 11) is 0. The minimum atomic E-state index is -0.962. The number of carbonyl (C=O) groups excluding carboxylic acids is 2. The van der Waals surface area contributed by atoms with Gasteiger partial charge in [-0.25, -0.2) is 9.59 Å². The summed E-state index contributed by atoms with van der Waals surface area (Å²) < 4.78 is 4.78. The molecule has 108 valence electrons. The molecule has 0 spiro atoms. The Kier molecular flexibility index (Phi) is 6.14. The van der Waals surface area contributed by atoms with Gasteiger partial charge in [0.15, 0.2) is 0 Å². The zero-order valence-corrected chi connectivity index (χ0v) is 11.9. The molecule has 1 saturated heterocycles. The van der Waals surface area contributed by atoms with Crippen LogP contribution in [0.2, 0.25) is 0 Å². The van der Waals surface area contributed by atoms with Gasteiger partial charge in [0.25, 0.3) is 0 Å². The van der Waals surface area contributed by atoms with E-state index in [0.29, 0.717) is 26.0 Å². The van der Waals surface area contributed by atoms with E-state index in [1.807, 2.05) is 0 Å². The van der Waals surface area contributed by atoms with Crippen LogP contribution in [0, 0.1) is 0 Å². The number of amides is 1. The molecule has 0 radical (unpaired) electrons. The maximum absolute atomic E-state index is 12.0. The van der Waals surface area contributed by atoms with Crippen LogP contribution in [0.5, 0.6) is 0 Å². The van der Waals surface area contributed by atoms with Crippen LogP contribution in [0.1, 0.15) is 33.1 Å². The first-order valence-corrected chi connectivity index (χ1v) is 7.19. The van der Waals surface area contributed by atoms with Crippen molar-refractivity contribution in [1.82, 2.24) is 4.90 Å². The summed E-state index contributed by atoms with van der Waals surface area (Å²) in [4.78, 5) is 35.6. The molecule has 7 heteroatoms. The number of aliphatic carboxylic acids is 1. The summed E-state index contributed by atoms with van der Waals surface area (Å²) in [6.07, 6.45) is 1.36. The Morgan fingerprint density at radius 2 is 2.16 bits per heavy atom. The number of hydrogen-bond acceptors (Lipinski definition) is 5. The van der Waals surface area contributed by atoms with Gasteiger partial charge in [0, 0.05) is 18.2 Å². The van der Waals surface area contributed by atoms with Gasteiger partial charge in [0.05, 0.1) is 6.61 Å². The van der Waals surface area contributed by atoms with Crippen LogP contribution in [0.15, 0.2) is 0 Å². The third kappa shape index (κ3) is 4.74. The van der Waals surface area contributed by atoms with Gasteiger partial charge < -0.3 is 14.7 Å². The highest BCUT2D eigenvalue weighted by atomic mass is 32.2. The Morgan fingerprint density at radius 1 is 1.47 bits per heavy atom. The molecule has 1 N–H and O–H groups in total. The van der Waals surface area contributed by atoms with Crippen molar-refractivity contribution >= 4 is 28.9 Å². The summed E-state index contributed by atoms with van der Waals surface area (Å²) >= 11 is 0.965. The molecule has 19 heavy (non-hydrogen) atoms. The Balaban J connectivity index is 2.45. The van der Waals surface area contributed by atoms with Crippen LogP contribution in [0.3, 0.4) is 0 Å². The zero-order chi connectivity index (χ0) is 14.4. The van der Waals surface area contributed by atoms with Gasteiger partial charge in [-0.15, -0.1) is 0 Å². The molecular formula is C12H19NO5S. The Morgan fingerprint density at radius 3 is 2.74 bits per heavy atom. The highest BCUT2D eigenvalue weighted by Crippen LogP contribution is 2.22.